The molecule has 4 heteroatoms. The van der Waals surface area contributed by atoms with E-state index < -0.39 is 17.2 Å². The van der Waals surface area contributed by atoms with Crippen LogP contribution in [0.4, 0.5) is 0 Å². The normalized spacial score (nSPS) is 11.5. The molecule has 0 saturated heterocycles. The Kier molecular flexibility index (Phi) is 4.15. The summed E-state index contributed by atoms with van der Waals surface area (Å²) in [6.07, 6.45) is 6.10. The molecule has 0 aliphatic carbocycles. The minimum atomic E-state index is -0.595. The fraction of sp³-hybridized carbons (Fsp3) is 0.308. The summed E-state index contributed by atoms with van der Waals surface area (Å²) in [4.78, 5) is 26.8. The Morgan fingerprint density at radius 1 is 1.24 bits per heavy atom. The van der Waals surface area contributed by atoms with Crippen molar-refractivity contribution in [3.05, 3.63) is 36.2 Å². The highest BCUT2D eigenvalue weighted by molar-refractivity contribution is 6.41. The molecule has 0 unspecified atom stereocenters. The molecule has 4 nitrogen and oxygen atoms in total. The Morgan fingerprint density at radius 2 is 1.82 bits per heavy atom. The molecule has 1 rings (SSSR count). The quantitative estimate of drug-likeness (QED) is 0.635. The van der Waals surface area contributed by atoms with E-state index in [-0.39, 0.29) is 0 Å². The Hall–Kier alpha value is -1.97. The number of nitrogens with zero attached hydrogens (tertiary/aromatic N) is 1. The standard InChI is InChI=1S/C13H16N2O2/c1-13(2,3)15-12(17)11(16)5-4-10-6-8-14-9-7-10/h4-9H,1-3H3,(H,15,17)/b5-4+. The van der Waals surface area contributed by atoms with E-state index in [1.807, 2.05) is 20.8 Å². The van der Waals surface area contributed by atoms with Gasteiger partial charge in [0.1, 0.15) is 0 Å². The summed E-state index contributed by atoms with van der Waals surface area (Å²) < 4.78 is 0. The summed E-state index contributed by atoms with van der Waals surface area (Å²) >= 11 is 0. The molecule has 0 saturated carbocycles. The van der Waals surface area contributed by atoms with E-state index in [4.69, 9.17) is 0 Å². The average molecular weight is 232 g/mol. The fourth-order valence-corrected chi connectivity index (χ4v) is 1.12. The monoisotopic (exact) mass is 232 g/mol. The van der Waals surface area contributed by atoms with Crippen LogP contribution in [0, 0.1) is 0 Å². The Morgan fingerprint density at radius 3 is 2.35 bits per heavy atom. The Bertz CT molecular complexity index is 430. The first kappa shape index (κ1) is 13.1. The van der Waals surface area contributed by atoms with Gasteiger partial charge in [0.2, 0.25) is 5.78 Å². The van der Waals surface area contributed by atoms with Crippen LogP contribution < -0.4 is 5.32 Å². The zero-order valence-corrected chi connectivity index (χ0v) is 10.2. The van der Waals surface area contributed by atoms with Crippen LogP contribution in [0.5, 0.6) is 0 Å². The van der Waals surface area contributed by atoms with E-state index in [2.05, 4.69) is 10.3 Å². The third-order valence-electron chi connectivity index (χ3n) is 1.85. The van der Waals surface area contributed by atoms with Gasteiger partial charge in [-0.05, 0) is 44.5 Å². The molecule has 1 aromatic heterocycles. The van der Waals surface area contributed by atoms with E-state index in [1.54, 1.807) is 30.6 Å². The predicted octanol–water partition coefficient (Wildman–Crippen LogP) is 1.58. The molecule has 0 spiro atoms. The summed E-state index contributed by atoms with van der Waals surface area (Å²) in [5.74, 6) is -1.15. The van der Waals surface area contributed by atoms with Crippen LogP contribution in [0.3, 0.4) is 0 Å². The van der Waals surface area contributed by atoms with Crippen molar-refractivity contribution in [1.29, 1.82) is 0 Å². The van der Waals surface area contributed by atoms with E-state index in [0.29, 0.717) is 0 Å². The van der Waals surface area contributed by atoms with Gasteiger partial charge in [-0.2, -0.15) is 0 Å². The minimum absolute atomic E-state index is 0.406. The minimum Gasteiger partial charge on any atom is -0.345 e. The summed E-state index contributed by atoms with van der Waals surface area (Å²) in [5.41, 5.74) is 0.425. The molecule has 1 amide bonds. The molecule has 90 valence electrons. The first-order valence-electron chi connectivity index (χ1n) is 5.33. The molecule has 0 aliphatic rings. The van der Waals surface area contributed by atoms with Crippen LogP contribution in [0.2, 0.25) is 0 Å². The van der Waals surface area contributed by atoms with Crippen LogP contribution in [-0.2, 0) is 9.59 Å². The molecule has 0 bridgehead atoms. The SMILES string of the molecule is CC(C)(C)NC(=O)C(=O)/C=C/c1ccncc1. The molecule has 0 aliphatic heterocycles. The Balaban J connectivity index is 2.61. The van der Waals surface area contributed by atoms with Gasteiger partial charge < -0.3 is 5.32 Å². The Labute approximate surface area is 101 Å². The lowest BCUT2D eigenvalue weighted by atomic mass is 10.1. The van der Waals surface area contributed by atoms with Crippen LogP contribution in [-0.4, -0.2) is 22.2 Å². The summed E-state index contributed by atoms with van der Waals surface area (Å²) in [6, 6.07) is 3.51. The van der Waals surface area contributed by atoms with Gasteiger partial charge >= 0.3 is 0 Å². The molecule has 0 atom stereocenters. The zero-order chi connectivity index (χ0) is 12.9. The van der Waals surface area contributed by atoms with Gasteiger partial charge in [-0.3, -0.25) is 14.6 Å². The first-order chi connectivity index (χ1) is 7.88. The number of aromatic nitrogens is 1. The molecule has 0 fully saturated rings. The van der Waals surface area contributed by atoms with Crippen molar-refractivity contribution < 1.29 is 9.59 Å². The van der Waals surface area contributed by atoms with Gasteiger partial charge in [0.05, 0.1) is 0 Å². The van der Waals surface area contributed by atoms with Crippen molar-refractivity contribution in [1.82, 2.24) is 10.3 Å². The number of hydrogen-bond acceptors (Lipinski definition) is 3. The van der Waals surface area contributed by atoms with Gasteiger partial charge in [0, 0.05) is 17.9 Å². The predicted molar refractivity (Wildman–Crippen MR) is 66.2 cm³/mol. The molecule has 0 aromatic carbocycles. The van der Waals surface area contributed by atoms with E-state index in [1.165, 1.54) is 6.08 Å². The lowest BCUT2D eigenvalue weighted by molar-refractivity contribution is -0.136. The first-order valence-corrected chi connectivity index (χ1v) is 5.33. The fourth-order valence-electron chi connectivity index (χ4n) is 1.12. The second-order valence-corrected chi connectivity index (χ2v) is 4.68. The number of rotatable bonds is 3. The van der Waals surface area contributed by atoms with Crippen molar-refractivity contribution in [2.75, 3.05) is 0 Å². The molecular weight excluding hydrogens is 216 g/mol. The third kappa shape index (κ3) is 5.06. The molecule has 0 radical (unpaired) electrons. The number of ketones is 1. The number of nitrogens with one attached hydrogen (secondary N) is 1. The van der Waals surface area contributed by atoms with Crippen molar-refractivity contribution in [2.45, 2.75) is 26.3 Å². The second kappa shape index (κ2) is 5.39. The van der Waals surface area contributed by atoms with Gasteiger partial charge in [0.25, 0.3) is 5.91 Å². The van der Waals surface area contributed by atoms with Crippen molar-refractivity contribution >= 4 is 17.8 Å². The second-order valence-electron chi connectivity index (χ2n) is 4.68. The number of pyridine rings is 1. The van der Waals surface area contributed by atoms with Crippen LogP contribution in [0.1, 0.15) is 26.3 Å². The summed E-state index contributed by atoms with van der Waals surface area (Å²) in [5, 5.41) is 2.60. The van der Waals surface area contributed by atoms with Crippen molar-refractivity contribution in [2.24, 2.45) is 0 Å². The van der Waals surface area contributed by atoms with Crippen molar-refractivity contribution in [3.8, 4) is 0 Å². The summed E-state index contributed by atoms with van der Waals surface area (Å²) in [7, 11) is 0. The van der Waals surface area contributed by atoms with Crippen LogP contribution in [0.25, 0.3) is 6.08 Å². The smallest absolute Gasteiger partial charge is 0.292 e. The van der Waals surface area contributed by atoms with Gasteiger partial charge in [-0.15, -0.1) is 0 Å². The topological polar surface area (TPSA) is 59.1 Å². The highest BCUT2D eigenvalue weighted by Gasteiger charge is 2.17. The van der Waals surface area contributed by atoms with Crippen LogP contribution in [0.15, 0.2) is 30.6 Å². The largest absolute Gasteiger partial charge is 0.345 e. The van der Waals surface area contributed by atoms with E-state index >= 15 is 0 Å². The maximum Gasteiger partial charge on any atom is 0.292 e. The number of hydrogen-bond donors (Lipinski definition) is 1. The molecule has 1 aromatic rings. The maximum atomic E-state index is 11.5. The highest BCUT2D eigenvalue weighted by atomic mass is 16.2. The molecule has 17 heavy (non-hydrogen) atoms. The summed E-state index contributed by atoms with van der Waals surface area (Å²) in [6.45, 7) is 5.47. The zero-order valence-electron chi connectivity index (χ0n) is 10.2. The van der Waals surface area contributed by atoms with Crippen LogP contribution >= 0.6 is 0 Å². The van der Waals surface area contributed by atoms with Crippen molar-refractivity contribution in [3.63, 3.8) is 0 Å². The third-order valence-corrected chi connectivity index (χ3v) is 1.85. The van der Waals surface area contributed by atoms with E-state index in [0.717, 1.165) is 5.56 Å². The maximum absolute atomic E-state index is 11.5. The lowest BCUT2D eigenvalue weighted by Gasteiger charge is -2.19. The van der Waals surface area contributed by atoms with E-state index in [9.17, 15) is 9.59 Å². The molecular formula is C13H16N2O2. The number of amides is 1. The number of carbonyl (C=O) groups excluding carboxylic acids is 2. The molecule has 1 heterocycles. The highest BCUT2D eigenvalue weighted by Crippen LogP contribution is 2.01. The van der Waals surface area contributed by atoms with Gasteiger partial charge in [-0.1, -0.05) is 6.08 Å². The number of carbonyl (C=O) groups is 2. The molecule has 1 N–H and O–H groups in total. The lowest BCUT2D eigenvalue weighted by Crippen LogP contribution is -2.43. The van der Waals surface area contributed by atoms with Gasteiger partial charge in [0.15, 0.2) is 0 Å². The van der Waals surface area contributed by atoms with Gasteiger partial charge in [-0.25, -0.2) is 0 Å². The average Bonchev–Trinajstić information content (AvgIpc) is 2.25.